The van der Waals surface area contributed by atoms with Gasteiger partial charge < -0.3 is 20.3 Å². The predicted molar refractivity (Wildman–Crippen MR) is 56.9 cm³/mol. The number of esters is 1. The van der Waals surface area contributed by atoms with Crippen LogP contribution in [0.4, 0.5) is 0 Å². The number of hydrogen-bond donors (Lipinski definition) is 2. The molecule has 0 heterocycles. The number of amides is 1. The number of ketones is 1. The van der Waals surface area contributed by atoms with E-state index in [4.69, 9.17) is 10.1 Å². The van der Waals surface area contributed by atoms with Crippen LogP contribution >= 0.6 is 0 Å². The van der Waals surface area contributed by atoms with Crippen LogP contribution in [0.2, 0.25) is 0 Å². The topological polar surface area (TPSA) is 96.3 Å². The van der Waals surface area contributed by atoms with Crippen molar-refractivity contribution in [1.82, 2.24) is 5.32 Å². The Labute approximate surface area is 93.9 Å². The van der Waals surface area contributed by atoms with E-state index >= 15 is 0 Å². The van der Waals surface area contributed by atoms with Crippen molar-refractivity contribution in [2.75, 3.05) is 0 Å². The Kier molecular flexibility index (Phi) is 8.43. The molecule has 0 aromatic rings. The minimum absolute atomic E-state index is 0. The number of hydrogen-bond acceptors (Lipinski definition) is 5. The predicted octanol–water partition coefficient (Wildman–Crippen LogP) is -0.0377. The maximum atomic E-state index is 11.4. The van der Waals surface area contributed by atoms with Gasteiger partial charge in [0.2, 0.25) is 0 Å². The van der Waals surface area contributed by atoms with Crippen molar-refractivity contribution in [2.45, 2.75) is 38.8 Å². The van der Waals surface area contributed by atoms with Crippen LogP contribution in [-0.4, -0.2) is 36.5 Å². The van der Waals surface area contributed by atoms with Crippen molar-refractivity contribution in [3.63, 3.8) is 0 Å². The van der Waals surface area contributed by atoms with Crippen molar-refractivity contribution in [1.29, 1.82) is 5.41 Å². The molecule has 0 fully saturated rings. The van der Waals surface area contributed by atoms with Crippen LogP contribution in [0.1, 0.15) is 26.7 Å². The Hall–Kier alpha value is -2.72. The van der Waals surface area contributed by atoms with Gasteiger partial charge in [0.15, 0.2) is 5.78 Å². The maximum absolute atomic E-state index is 11.4. The smallest absolute Gasteiger partial charge is 0.326 e. The minimum Gasteiger partial charge on any atom is -0.520 e. The number of nitrogens with one attached hydrogen (secondary N) is 2. The Morgan fingerprint density at radius 1 is 1.47 bits per heavy atom. The summed E-state index contributed by atoms with van der Waals surface area (Å²) in [6, 6.07) is -0.885. The normalized spacial score (nSPS) is 11.0. The molecule has 0 bridgehead atoms. The van der Waals surface area contributed by atoms with Gasteiger partial charge in [-0.15, -0.1) is 0 Å². The first-order valence-electron chi connectivity index (χ1n) is 4.87. The summed E-state index contributed by atoms with van der Waals surface area (Å²) in [6.07, 6.45) is 1.90. The molecule has 0 aromatic carbocycles. The first-order valence-corrected chi connectivity index (χ1v) is 4.87. The monoisotopic (exact) mass is 484 g/mol. The molecule has 0 aromatic heterocycles. The van der Waals surface area contributed by atoms with Crippen molar-refractivity contribution in [3.8, 4) is 0 Å². The van der Waals surface area contributed by atoms with Crippen molar-refractivity contribution >= 4 is 24.4 Å². The van der Waals surface area contributed by atoms with E-state index in [-0.39, 0.29) is 18.9 Å². The van der Waals surface area contributed by atoms with Crippen LogP contribution < -0.4 is 5.32 Å². The van der Waals surface area contributed by atoms with Gasteiger partial charge in [-0.3, -0.25) is 4.79 Å². The van der Waals surface area contributed by atoms with E-state index in [2.05, 4.69) is 5.32 Å². The number of carbonyl (C=O) groups excluding carboxylic acids is 3. The first kappa shape index (κ1) is 16.7. The van der Waals surface area contributed by atoms with Gasteiger partial charge in [-0.2, -0.15) is 6.41 Å². The minimum atomic E-state index is -0.885. The third-order valence-corrected chi connectivity index (χ3v) is 1.71. The third-order valence-electron chi connectivity index (χ3n) is 1.71. The van der Waals surface area contributed by atoms with Gasteiger partial charge in [0.1, 0.15) is 0 Å². The fraction of sp³-hybridized carbons (Fsp3) is 0.600. The molecule has 0 aliphatic rings. The summed E-state index contributed by atoms with van der Waals surface area (Å²) in [4.78, 5) is 32.4. The summed E-state index contributed by atoms with van der Waals surface area (Å²) < 4.78 is 4.88. The molecule has 0 unspecified atom stereocenters. The van der Waals surface area contributed by atoms with Gasteiger partial charge in [-0.1, -0.05) is 0 Å². The zero-order chi connectivity index (χ0) is 12.6. The SMILES string of the molecule is CC(C)OC(=O)[C@H](CCC(=O)C=N)N[C-]=O.[Fm]. The summed E-state index contributed by atoms with van der Waals surface area (Å²) in [5.41, 5.74) is 0. The molecule has 6 nitrogen and oxygen atoms in total. The molecule has 0 saturated carbocycles. The molecule has 0 aliphatic carbocycles. The number of ether oxygens (including phenoxy) is 1. The van der Waals surface area contributed by atoms with Crippen molar-refractivity contribution in [2.24, 2.45) is 0 Å². The average molecular weight is 484 g/mol. The Morgan fingerprint density at radius 2 is 2.06 bits per heavy atom. The Bertz CT molecular complexity index is 281. The fourth-order valence-electron chi connectivity index (χ4n) is 0.993. The number of Topliss-reactive ketones (excluding diaryl/α,β-unsaturated/α-hetero) is 1. The van der Waals surface area contributed by atoms with E-state index in [0.717, 1.165) is 0 Å². The molecule has 0 rings (SSSR count). The summed E-state index contributed by atoms with van der Waals surface area (Å²) >= 11 is 0. The summed E-state index contributed by atoms with van der Waals surface area (Å²) in [6.45, 7) is 3.37. The molecular weight excluding hydrogens is 469 g/mol. The average Bonchev–Trinajstić information content (AvgIpc) is 2.22. The van der Waals surface area contributed by atoms with Crippen molar-refractivity contribution in [3.05, 3.63) is 0 Å². The first-order chi connectivity index (χ1) is 7.51. The fourth-order valence-corrected chi connectivity index (χ4v) is 0.993. The number of carbonyl (C=O) groups is 2. The Balaban J connectivity index is 0. The van der Waals surface area contributed by atoms with Crippen LogP contribution in [0.25, 0.3) is 0 Å². The van der Waals surface area contributed by atoms with Gasteiger partial charge in [0, 0.05) is 6.42 Å². The summed E-state index contributed by atoms with van der Waals surface area (Å²) in [5, 5.41) is 8.85. The van der Waals surface area contributed by atoms with E-state index in [1.807, 2.05) is 0 Å². The second-order valence-corrected chi connectivity index (χ2v) is 3.43. The van der Waals surface area contributed by atoms with Crippen LogP contribution in [-0.2, 0) is 19.1 Å². The van der Waals surface area contributed by atoms with E-state index in [1.165, 1.54) is 6.41 Å². The van der Waals surface area contributed by atoms with Gasteiger partial charge in [0.05, 0.1) is 18.4 Å². The molecular formula is C10H15FmN2O4-. The zero-order valence-electron chi connectivity index (χ0n) is 9.57. The van der Waals surface area contributed by atoms with Crippen molar-refractivity contribution < 1.29 is 19.1 Å². The molecule has 0 aliphatic heterocycles. The van der Waals surface area contributed by atoms with Gasteiger partial charge in [-0.25, -0.2) is 4.79 Å². The van der Waals surface area contributed by atoms with Crippen LogP contribution in [0.3, 0.4) is 0 Å². The standard InChI is InChI=1S/C10H15N2O4.Fm/c1-7(2)16-10(15)9(12-6-13)4-3-8(14)5-11;/h5,7,9,11H,3-4H2,1-2H3,(H,12,13);/q-1;/t9-;/m0./s1. The van der Waals surface area contributed by atoms with E-state index in [1.54, 1.807) is 13.8 Å². The molecule has 17 heavy (non-hydrogen) atoms. The maximum Gasteiger partial charge on any atom is 0.326 e. The van der Waals surface area contributed by atoms with E-state index < -0.39 is 17.8 Å². The molecule has 102 valence electrons. The Morgan fingerprint density at radius 3 is 2.47 bits per heavy atom. The molecule has 2 N–H and O–H groups in total. The summed E-state index contributed by atoms with van der Waals surface area (Å²) in [5.74, 6) is -1.01. The number of rotatable bonds is 8. The third kappa shape index (κ3) is 7.24. The zero-order valence-corrected chi connectivity index (χ0v) is 12.0. The van der Waals surface area contributed by atoms with Crippen LogP contribution in [0, 0.1) is 5.41 Å². The van der Waals surface area contributed by atoms with Gasteiger partial charge in [0.25, 0.3) is 0 Å². The van der Waals surface area contributed by atoms with Gasteiger partial charge >= 0.3 is 5.97 Å². The quantitative estimate of drug-likeness (QED) is 0.219. The van der Waals surface area contributed by atoms with E-state index in [0.29, 0.717) is 6.21 Å². The summed E-state index contributed by atoms with van der Waals surface area (Å²) in [7, 11) is 0. The van der Waals surface area contributed by atoms with E-state index in [9.17, 15) is 14.4 Å². The molecule has 1 atom stereocenters. The largest absolute Gasteiger partial charge is 0.520 e. The second kappa shape index (κ2) is 8.58. The molecule has 0 saturated heterocycles. The molecule has 1 amide bonds. The molecule has 0 radical (unpaired) electrons. The van der Waals surface area contributed by atoms with Crippen LogP contribution in [0.15, 0.2) is 0 Å². The molecule has 7 heteroatoms. The molecule has 0 spiro atoms. The van der Waals surface area contributed by atoms with Gasteiger partial charge in [-0.05, 0) is 20.3 Å². The second-order valence-electron chi connectivity index (χ2n) is 3.43. The van der Waals surface area contributed by atoms with Crippen LogP contribution in [0.5, 0.6) is 0 Å².